The van der Waals surface area contributed by atoms with Crippen molar-refractivity contribution in [3.63, 3.8) is 0 Å². The van der Waals surface area contributed by atoms with E-state index in [9.17, 15) is 20.4 Å². The maximum absolute atomic E-state index is 10.4. The van der Waals surface area contributed by atoms with Crippen LogP contribution in [0.2, 0.25) is 0 Å². The number of ether oxygens (including phenoxy) is 2. The molecule has 1 saturated heterocycles. The number of fused-ring (bicyclic) bond motifs is 1. The second-order valence-electron chi connectivity index (χ2n) is 7.99. The van der Waals surface area contributed by atoms with Gasteiger partial charge in [-0.2, -0.15) is 0 Å². The van der Waals surface area contributed by atoms with Gasteiger partial charge in [0.1, 0.15) is 35.7 Å². The van der Waals surface area contributed by atoms with Gasteiger partial charge >= 0.3 is 0 Å². The van der Waals surface area contributed by atoms with Gasteiger partial charge < -0.3 is 34.5 Å². The zero-order valence-electron chi connectivity index (χ0n) is 17.5. The van der Waals surface area contributed by atoms with E-state index in [4.69, 9.17) is 9.47 Å². The quantitative estimate of drug-likeness (QED) is 0.465. The number of nitrogens with zero attached hydrogens (tertiary/aromatic N) is 2. The molecule has 1 aromatic heterocycles. The largest absolute Gasteiger partial charge is 0.460 e. The van der Waals surface area contributed by atoms with Crippen LogP contribution >= 0.6 is 0 Å². The predicted molar refractivity (Wildman–Crippen MR) is 114 cm³/mol. The average molecular weight is 428 g/mol. The summed E-state index contributed by atoms with van der Waals surface area (Å²) in [6.07, 6.45) is -4.00. The summed E-state index contributed by atoms with van der Waals surface area (Å²) in [4.78, 5) is 4.49. The highest BCUT2D eigenvalue weighted by Gasteiger charge is 2.44. The molecule has 2 aromatic carbocycles. The van der Waals surface area contributed by atoms with Gasteiger partial charge in [-0.05, 0) is 42.2 Å². The molecule has 5 atom stereocenters. The first-order valence-corrected chi connectivity index (χ1v) is 10.4. The van der Waals surface area contributed by atoms with Crippen molar-refractivity contribution < 1.29 is 29.9 Å². The topological polar surface area (TPSA) is 117 Å². The van der Waals surface area contributed by atoms with Crippen molar-refractivity contribution in [3.8, 4) is 5.75 Å². The zero-order valence-corrected chi connectivity index (χ0v) is 17.5. The fourth-order valence-electron chi connectivity index (χ4n) is 3.88. The summed E-state index contributed by atoms with van der Waals surface area (Å²) in [5.41, 5.74) is 4.73. The molecule has 0 saturated carbocycles. The van der Waals surface area contributed by atoms with Crippen molar-refractivity contribution in [2.24, 2.45) is 0 Å². The molecule has 31 heavy (non-hydrogen) atoms. The van der Waals surface area contributed by atoms with E-state index in [0.717, 1.165) is 28.6 Å². The molecule has 1 aliphatic rings. The molecule has 1 aliphatic heterocycles. The van der Waals surface area contributed by atoms with Crippen molar-refractivity contribution in [3.05, 3.63) is 59.4 Å². The van der Waals surface area contributed by atoms with E-state index in [-0.39, 0.29) is 0 Å². The van der Waals surface area contributed by atoms with Crippen LogP contribution in [0.5, 0.6) is 5.75 Å². The number of aliphatic hydroxyl groups is 4. The van der Waals surface area contributed by atoms with Gasteiger partial charge in [0.15, 0.2) is 0 Å². The minimum atomic E-state index is -1.50. The van der Waals surface area contributed by atoms with Gasteiger partial charge in [-0.3, -0.25) is 0 Å². The van der Waals surface area contributed by atoms with Gasteiger partial charge in [0.25, 0.3) is 0 Å². The number of aryl methyl sites for hydroxylation is 2. The molecule has 1 fully saturated rings. The molecule has 8 nitrogen and oxygen atoms in total. The van der Waals surface area contributed by atoms with Crippen LogP contribution in [0, 0.1) is 6.92 Å². The Kier molecular flexibility index (Phi) is 6.27. The number of aromatic nitrogens is 2. The van der Waals surface area contributed by atoms with Crippen LogP contribution in [0.3, 0.4) is 0 Å². The van der Waals surface area contributed by atoms with E-state index in [2.05, 4.69) is 36.2 Å². The normalized spacial score (nSPS) is 26.3. The first-order chi connectivity index (χ1) is 14.9. The van der Waals surface area contributed by atoms with E-state index in [1.165, 1.54) is 5.56 Å². The first-order valence-electron chi connectivity index (χ1n) is 10.4. The molecule has 0 aliphatic carbocycles. The first kappa shape index (κ1) is 21.7. The van der Waals surface area contributed by atoms with Crippen LogP contribution in [-0.4, -0.2) is 67.3 Å². The lowest BCUT2D eigenvalue weighted by molar-refractivity contribution is -0.277. The van der Waals surface area contributed by atoms with Gasteiger partial charge in [0.05, 0.1) is 18.5 Å². The minimum absolute atomic E-state index is 0.432. The summed E-state index contributed by atoms with van der Waals surface area (Å²) in [6.45, 7) is 4.08. The Hall–Kier alpha value is -2.49. The highest BCUT2D eigenvalue weighted by molar-refractivity contribution is 5.83. The smallest absolute Gasteiger partial charge is 0.229 e. The molecular formula is C23H28N2O6. The van der Waals surface area contributed by atoms with E-state index in [1.807, 2.05) is 23.6 Å². The van der Waals surface area contributed by atoms with Gasteiger partial charge in [-0.15, -0.1) is 0 Å². The monoisotopic (exact) mass is 428 g/mol. The molecule has 0 bridgehead atoms. The van der Waals surface area contributed by atoms with E-state index < -0.39 is 37.3 Å². The molecule has 0 radical (unpaired) electrons. The number of hydrogen-bond donors (Lipinski definition) is 4. The molecule has 3 aromatic rings. The third kappa shape index (κ3) is 4.30. The average Bonchev–Trinajstić information content (AvgIpc) is 3.17. The third-order valence-electron chi connectivity index (χ3n) is 5.70. The zero-order chi connectivity index (χ0) is 22.1. The Labute approximate surface area is 180 Å². The van der Waals surface area contributed by atoms with Crippen molar-refractivity contribution in [1.82, 2.24) is 9.55 Å². The standard InChI is InChI=1S/C23H28N2O6/c1-3-14-4-6-15(7-5-14)10-25-12-24-16-8-13(2)9-17(19(16)25)30-23-22(29)21(28)20(27)18(11-26)31-23/h4-9,12,18,20-23,26-29H,3,10-11H2,1-2H3/t18-,20-,21+,22-,23-/m1/s1. The van der Waals surface area contributed by atoms with E-state index in [0.29, 0.717) is 12.3 Å². The molecule has 0 unspecified atom stereocenters. The molecular weight excluding hydrogens is 400 g/mol. The maximum atomic E-state index is 10.4. The van der Waals surface area contributed by atoms with Gasteiger partial charge in [-0.1, -0.05) is 31.2 Å². The van der Waals surface area contributed by atoms with Crippen LogP contribution in [-0.2, 0) is 17.7 Å². The van der Waals surface area contributed by atoms with Crippen molar-refractivity contribution in [1.29, 1.82) is 0 Å². The fourth-order valence-corrected chi connectivity index (χ4v) is 3.88. The Balaban J connectivity index is 1.66. The molecule has 166 valence electrons. The van der Waals surface area contributed by atoms with Crippen molar-refractivity contribution in [2.45, 2.75) is 57.5 Å². The van der Waals surface area contributed by atoms with Crippen molar-refractivity contribution in [2.75, 3.05) is 6.61 Å². The number of imidazole rings is 1. The number of aliphatic hydroxyl groups excluding tert-OH is 4. The van der Waals surface area contributed by atoms with Gasteiger partial charge in [0.2, 0.25) is 6.29 Å². The van der Waals surface area contributed by atoms with Crippen LogP contribution in [0.4, 0.5) is 0 Å². The Bertz CT molecular complexity index is 1030. The summed E-state index contributed by atoms with van der Waals surface area (Å²) in [7, 11) is 0. The number of benzene rings is 2. The van der Waals surface area contributed by atoms with E-state index in [1.54, 1.807) is 6.33 Å². The maximum Gasteiger partial charge on any atom is 0.229 e. The summed E-state index contributed by atoms with van der Waals surface area (Å²) in [5.74, 6) is 0.432. The lowest BCUT2D eigenvalue weighted by Gasteiger charge is -2.39. The highest BCUT2D eigenvalue weighted by Crippen LogP contribution is 2.31. The van der Waals surface area contributed by atoms with Crippen LogP contribution in [0.15, 0.2) is 42.7 Å². The van der Waals surface area contributed by atoms with Crippen LogP contribution < -0.4 is 4.74 Å². The van der Waals surface area contributed by atoms with Crippen LogP contribution in [0.25, 0.3) is 11.0 Å². The Morgan fingerprint density at radius 2 is 1.74 bits per heavy atom. The molecule has 0 amide bonds. The second-order valence-corrected chi connectivity index (χ2v) is 7.99. The molecule has 0 spiro atoms. The van der Waals surface area contributed by atoms with Crippen LogP contribution in [0.1, 0.15) is 23.6 Å². The predicted octanol–water partition coefficient (Wildman–Crippen LogP) is 1.13. The lowest BCUT2D eigenvalue weighted by Crippen LogP contribution is -2.60. The van der Waals surface area contributed by atoms with Gasteiger partial charge in [-0.25, -0.2) is 4.98 Å². The van der Waals surface area contributed by atoms with Gasteiger partial charge in [0, 0.05) is 6.54 Å². The third-order valence-corrected chi connectivity index (χ3v) is 5.70. The Morgan fingerprint density at radius 1 is 1.03 bits per heavy atom. The molecule has 2 heterocycles. The summed E-state index contributed by atoms with van der Waals surface area (Å²) in [5, 5.41) is 39.9. The summed E-state index contributed by atoms with van der Waals surface area (Å²) >= 11 is 0. The van der Waals surface area contributed by atoms with Crippen molar-refractivity contribution >= 4 is 11.0 Å². The molecule has 8 heteroatoms. The number of hydrogen-bond acceptors (Lipinski definition) is 7. The Morgan fingerprint density at radius 3 is 2.42 bits per heavy atom. The number of rotatable bonds is 6. The minimum Gasteiger partial charge on any atom is -0.460 e. The second kappa shape index (κ2) is 8.94. The van der Waals surface area contributed by atoms with E-state index >= 15 is 0 Å². The molecule has 4 rings (SSSR count). The highest BCUT2D eigenvalue weighted by atomic mass is 16.7. The summed E-state index contributed by atoms with van der Waals surface area (Å²) in [6, 6.07) is 12.1. The molecule has 4 N–H and O–H groups in total. The SMILES string of the molecule is CCc1ccc(Cn2cnc3cc(C)cc(O[C@@H]4O[C@H](CO)[C@@H](O)[C@H](O)[C@H]4O)c32)cc1. The summed E-state index contributed by atoms with van der Waals surface area (Å²) < 4.78 is 13.4. The lowest BCUT2D eigenvalue weighted by atomic mass is 9.99. The fraction of sp³-hybridized carbons (Fsp3) is 0.435.